The van der Waals surface area contributed by atoms with Crippen molar-refractivity contribution in [3.63, 3.8) is 0 Å². The Hall–Kier alpha value is -4.26. The standard InChI is InChI=1S/C35H26NOP/c1-38(2,37)28-18-14-23(15-19-28)26-10-7-11-27(22-26)33-31-20-16-24-8-3-5-12-29(24)34(31)36-35-30-13-6-4-9-25(30)17-21-32(33)35/h3-22H,1-2H3. The molecule has 0 unspecified atom stereocenters. The largest absolute Gasteiger partial charge is 0.319 e. The van der Waals surface area contributed by atoms with Crippen LogP contribution in [0.5, 0.6) is 0 Å². The summed E-state index contributed by atoms with van der Waals surface area (Å²) in [5.74, 6) is 0. The third kappa shape index (κ3) is 3.72. The van der Waals surface area contributed by atoms with Crippen molar-refractivity contribution in [1.82, 2.24) is 4.98 Å². The third-order valence-corrected chi connectivity index (χ3v) is 9.08. The maximum Gasteiger partial charge on any atom is 0.109 e. The predicted molar refractivity (Wildman–Crippen MR) is 164 cm³/mol. The Labute approximate surface area is 222 Å². The van der Waals surface area contributed by atoms with Crippen molar-refractivity contribution in [3.05, 3.63) is 121 Å². The second-order valence-electron chi connectivity index (χ2n) is 10.3. The molecule has 1 aromatic heterocycles. The first kappa shape index (κ1) is 22.9. The van der Waals surface area contributed by atoms with Crippen LogP contribution in [0.1, 0.15) is 0 Å². The molecule has 1 heterocycles. The molecule has 0 aliphatic carbocycles. The normalized spacial score (nSPS) is 12.1. The summed E-state index contributed by atoms with van der Waals surface area (Å²) in [6, 6.07) is 42.7. The van der Waals surface area contributed by atoms with Crippen LogP contribution in [0.2, 0.25) is 0 Å². The number of benzene rings is 6. The van der Waals surface area contributed by atoms with Gasteiger partial charge in [0.15, 0.2) is 0 Å². The molecule has 182 valence electrons. The summed E-state index contributed by atoms with van der Waals surface area (Å²) in [6.45, 7) is 3.63. The lowest BCUT2D eigenvalue weighted by atomic mass is 9.91. The molecule has 7 aromatic rings. The molecule has 0 fully saturated rings. The van der Waals surface area contributed by atoms with E-state index in [0.29, 0.717) is 0 Å². The average Bonchev–Trinajstić information content (AvgIpc) is 2.95. The van der Waals surface area contributed by atoms with Gasteiger partial charge in [-0.25, -0.2) is 4.98 Å². The zero-order valence-corrected chi connectivity index (χ0v) is 22.2. The first-order chi connectivity index (χ1) is 18.5. The van der Waals surface area contributed by atoms with E-state index in [-0.39, 0.29) is 0 Å². The second-order valence-corrected chi connectivity index (χ2v) is 13.5. The molecule has 0 aliphatic rings. The smallest absolute Gasteiger partial charge is 0.109 e. The average molecular weight is 508 g/mol. The van der Waals surface area contributed by atoms with Crippen molar-refractivity contribution in [2.24, 2.45) is 0 Å². The fourth-order valence-corrected chi connectivity index (χ4v) is 6.46. The lowest BCUT2D eigenvalue weighted by molar-refractivity contribution is 0.588. The Morgan fingerprint density at radius 1 is 0.500 bits per heavy atom. The zero-order valence-electron chi connectivity index (χ0n) is 21.3. The van der Waals surface area contributed by atoms with Gasteiger partial charge in [-0.15, -0.1) is 0 Å². The predicted octanol–water partition coefficient (Wildman–Crippen LogP) is 9.28. The van der Waals surface area contributed by atoms with Gasteiger partial charge in [0.2, 0.25) is 0 Å². The summed E-state index contributed by atoms with van der Waals surface area (Å²) in [4.78, 5) is 5.31. The van der Waals surface area contributed by atoms with Gasteiger partial charge in [-0.05, 0) is 46.9 Å². The Kier molecular flexibility index (Phi) is 5.21. The molecule has 0 N–H and O–H groups in total. The third-order valence-electron chi connectivity index (χ3n) is 7.54. The SMILES string of the molecule is CP(C)(=O)c1ccc(-c2cccc(-c3c4ccc5ccccc5c4nc4c3ccc3ccccc34)c2)cc1. The summed E-state index contributed by atoms with van der Waals surface area (Å²) in [6.07, 6.45) is 0. The van der Waals surface area contributed by atoms with Crippen molar-refractivity contribution < 1.29 is 4.57 Å². The monoisotopic (exact) mass is 507 g/mol. The Bertz CT molecular complexity index is 1980. The molecule has 0 spiro atoms. The van der Waals surface area contributed by atoms with E-state index in [2.05, 4.69) is 109 Å². The van der Waals surface area contributed by atoms with Crippen molar-refractivity contribution in [2.75, 3.05) is 13.3 Å². The van der Waals surface area contributed by atoms with Gasteiger partial charge in [-0.3, -0.25) is 0 Å². The van der Waals surface area contributed by atoms with Gasteiger partial charge in [-0.2, -0.15) is 0 Å². The topological polar surface area (TPSA) is 30.0 Å². The van der Waals surface area contributed by atoms with Crippen LogP contribution in [-0.2, 0) is 4.57 Å². The summed E-state index contributed by atoms with van der Waals surface area (Å²) in [5, 5.41) is 7.91. The van der Waals surface area contributed by atoms with Gasteiger partial charge in [-0.1, -0.05) is 115 Å². The molecule has 0 bridgehead atoms. The van der Waals surface area contributed by atoms with Crippen molar-refractivity contribution in [2.45, 2.75) is 0 Å². The maximum atomic E-state index is 12.5. The molecule has 0 saturated carbocycles. The number of aromatic nitrogens is 1. The fourth-order valence-electron chi connectivity index (χ4n) is 5.59. The molecule has 6 aromatic carbocycles. The molecule has 0 aliphatic heterocycles. The molecule has 2 nitrogen and oxygen atoms in total. The molecule has 38 heavy (non-hydrogen) atoms. The molecule has 0 saturated heterocycles. The van der Waals surface area contributed by atoms with Gasteiger partial charge >= 0.3 is 0 Å². The minimum absolute atomic E-state index is 0.905. The number of hydrogen-bond donors (Lipinski definition) is 0. The van der Waals surface area contributed by atoms with Gasteiger partial charge in [0.05, 0.1) is 11.0 Å². The van der Waals surface area contributed by atoms with E-state index in [0.717, 1.165) is 54.6 Å². The van der Waals surface area contributed by atoms with Gasteiger partial charge < -0.3 is 4.57 Å². The molecule has 0 atom stereocenters. The van der Waals surface area contributed by atoms with E-state index in [4.69, 9.17) is 4.98 Å². The summed E-state index contributed by atoms with van der Waals surface area (Å²) in [5.41, 5.74) is 6.66. The van der Waals surface area contributed by atoms with Crippen LogP contribution in [0.15, 0.2) is 121 Å². The Morgan fingerprint density at radius 3 is 1.63 bits per heavy atom. The lowest BCUT2D eigenvalue weighted by Crippen LogP contribution is -2.01. The van der Waals surface area contributed by atoms with Gasteiger partial charge in [0.1, 0.15) is 7.14 Å². The first-order valence-electron chi connectivity index (χ1n) is 12.9. The molecule has 7 rings (SSSR count). The van der Waals surface area contributed by atoms with Crippen LogP contribution in [0.3, 0.4) is 0 Å². The fraction of sp³-hybridized carbons (Fsp3) is 0.0571. The molecular formula is C35H26NOP. The van der Waals surface area contributed by atoms with E-state index in [9.17, 15) is 4.57 Å². The maximum absolute atomic E-state index is 12.5. The minimum Gasteiger partial charge on any atom is -0.319 e. The summed E-state index contributed by atoms with van der Waals surface area (Å²) in [7, 11) is -2.29. The number of hydrogen-bond acceptors (Lipinski definition) is 2. The minimum atomic E-state index is -2.29. The van der Waals surface area contributed by atoms with Gasteiger partial charge in [0.25, 0.3) is 0 Å². The van der Waals surface area contributed by atoms with Gasteiger partial charge in [0, 0.05) is 32.4 Å². The highest BCUT2D eigenvalue weighted by Crippen LogP contribution is 2.41. The van der Waals surface area contributed by atoms with E-state index in [1.807, 2.05) is 25.5 Å². The summed E-state index contributed by atoms with van der Waals surface area (Å²) < 4.78 is 12.5. The lowest BCUT2D eigenvalue weighted by Gasteiger charge is -2.15. The van der Waals surface area contributed by atoms with Crippen LogP contribution >= 0.6 is 7.14 Å². The zero-order chi connectivity index (χ0) is 25.9. The highest BCUT2D eigenvalue weighted by Gasteiger charge is 2.16. The quantitative estimate of drug-likeness (QED) is 0.136. The molecule has 0 radical (unpaired) electrons. The number of pyridine rings is 1. The first-order valence-corrected chi connectivity index (χ1v) is 15.5. The summed E-state index contributed by atoms with van der Waals surface area (Å²) >= 11 is 0. The van der Waals surface area contributed by atoms with Crippen molar-refractivity contribution in [1.29, 1.82) is 0 Å². The number of nitrogens with zero attached hydrogens (tertiary/aromatic N) is 1. The van der Waals surface area contributed by atoms with E-state index >= 15 is 0 Å². The number of rotatable bonds is 3. The molecule has 3 heteroatoms. The van der Waals surface area contributed by atoms with Crippen molar-refractivity contribution in [3.8, 4) is 22.3 Å². The van der Waals surface area contributed by atoms with E-state index in [1.54, 1.807) is 0 Å². The second kappa shape index (κ2) is 8.65. The van der Waals surface area contributed by atoms with Crippen LogP contribution in [0.25, 0.3) is 65.6 Å². The Morgan fingerprint density at radius 2 is 1.05 bits per heavy atom. The van der Waals surface area contributed by atoms with Crippen LogP contribution in [0.4, 0.5) is 0 Å². The van der Waals surface area contributed by atoms with Crippen LogP contribution in [0, 0.1) is 0 Å². The van der Waals surface area contributed by atoms with Crippen LogP contribution in [-0.4, -0.2) is 18.3 Å². The van der Waals surface area contributed by atoms with Crippen molar-refractivity contribution >= 4 is 55.8 Å². The van der Waals surface area contributed by atoms with E-state index in [1.165, 1.54) is 16.3 Å². The highest BCUT2D eigenvalue weighted by molar-refractivity contribution is 7.70. The molecule has 0 amide bonds. The molecular weight excluding hydrogens is 481 g/mol. The van der Waals surface area contributed by atoms with E-state index < -0.39 is 7.14 Å². The van der Waals surface area contributed by atoms with Crippen LogP contribution < -0.4 is 5.30 Å². The Balaban J connectivity index is 1.54. The number of fused-ring (bicyclic) bond motifs is 6. The highest BCUT2D eigenvalue weighted by atomic mass is 31.2.